The summed E-state index contributed by atoms with van der Waals surface area (Å²) in [5.41, 5.74) is 2.00. The van der Waals surface area contributed by atoms with Crippen molar-refractivity contribution in [2.45, 2.75) is 51.7 Å². The molecule has 180 valence electrons. The van der Waals surface area contributed by atoms with E-state index in [0.29, 0.717) is 23.5 Å². The van der Waals surface area contributed by atoms with Crippen LogP contribution in [0.4, 0.5) is 4.39 Å². The second-order valence-corrected chi connectivity index (χ2v) is 9.17. The summed E-state index contributed by atoms with van der Waals surface area (Å²) in [6.07, 6.45) is 1.38. The zero-order chi connectivity index (χ0) is 24.6. The van der Waals surface area contributed by atoms with E-state index >= 15 is 0 Å². The van der Waals surface area contributed by atoms with Crippen molar-refractivity contribution in [2.24, 2.45) is 0 Å². The Kier molecular flexibility index (Phi) is 6.75. The van der Waals surface area contributed by atoms with Crippen molar-refractivity contribution in [3.8, 4) is 5.75 Å². The number of ether oxygens (including phenoxy) is 2. The van der Waals surface area contributed by atoms with Crippen LogP contribution >= 0.6 is 0 Å². The van der Waals surface area contributed by atoms with Crippen molar-refractivity contribution >= 4 is 17.4 Å². The minimum Gasteiger partial charge on any atom is -0.507 e. The van der Waals surface area contributed by atoms with Gasteiger partial charge in [0.1, 0.15) is 17.3 Å². The molecule has 2 aromatic rings. The minimum atomic E-state index is -1.05. The van der Waals surface area contributed by atoms with Crippen molar-refractivity contribution < 1.29 is 28.6 Å². The number of methoxy groups -OCH3 is 1. The fourth-order valence-corrected chi connectivity index (χ4v) is 4.82. The van der Waals surface area contributed by atoms with Gasteiger partial charge in [-0.15, -0.1) is 0 Å². The Balaban J connectivity index is 1.90. The summed E-state index contributed by atoms with van der Waals surface area (Å²) < 4.78 is 26.1. The van der Waals surface area contributed by atoms with Crippen LogP contribution in [0.3, 0.4) is 0 Å². The number of ketones is 1. The van der Waals surface area contributed by atoms with E-state index < -0.39 is 23.5 Å². The molecule has 0 bridgehead atoms. The molecule has 2 fully saturated rings. The van der Waals surface area contributed by atoms with E-state index in [1.165, 1.54) is 11.0 Å². The summed E-state index contributed by atoms with van der Waals surface area (Å²) in [7, 11) is 1.58. The van der Waals surface area contributed by atoms with Gasteiger partial charge in [0.25, 0.3) is 11.7 Å². The Morgan fingerprint density at radius 3 is 2.62 bits per heavy atom. The molecule has 34 heavy (non-hydrogen) atoms. The van der Waals surface area contributed by atoms with Gasteiger partial charge in [0.05, 0.1) is 24.8 Å². The molecule has 0 aromatic heterocycles. The Morgan fingerprint density at radius 2 is 2.00 bits per heavy atom. The number of nitrogens with zero attached hydrogens (tertiary/aromatic N) is 1. The molecule has 2 aromatic carbocycles. The van der Waals surface area contributed by atoms with Crippen molar-refractivity contribution in [3.63, 3.8) is 0 Å². The molecule has 2 atom stereocenters. The SMILES string of the molecule is COc1cc(C)c(/C(O)=C2\C(=O)C(=O)N(CC3CCCO3)C2c2ccccc2F)cc1C(C)C. The topological polar surface area (TPSA) is 76.1 Å². The highest BCUT2D eigenvalue weighted by Gasteiger charge is 2.48. The van der Waals surface area contributed by atoms with Gasteiger partial charge in [-0.25, -0.2) is 4.39 Å². The zero-order valence-corrected chi connectivity index (χ0v) is 19.9. The number of carbonyl (C=O) groups is 2. The first-order valence-electron chi connectivity index (χ1n) is 11.6. The summed E-state index contributed by atoms with van der Waals surface area (Å²) in [5.74, 6) is -1.69. The van der Waals surface area contributed by atoms with Crippen LogP contribution in [0.25, 0.3) is 5.76 Å². The van der Waals surface area contributed by atoms with Gasteiger partial charge in [-0.1, -0.05) is 32.0 Å². The van der Waals surface area contributed by atoms with Crippen LogP contribution < -0.4 is 4.74 Å². The van der Waals surface area contributed by atoms with E-state index in [0.717, 1.165) is 18.4 Å². The number of hydrogen-bond acceptors (Lipinski definition) is 5. The van der Waals surface area contributed by atoms with Gasteiger partial charge in [0, 0.05) is 24.3 Å². The third kappa shape index (κ3) is 4.20. The van der Waals surface area contributed by atoms with Gasteiger partial charge >= 0.3 is 0 Å². The van der Waals surface area contributed by atoms with E-state index in [1.807, 2.05) is 13.8 Å². The predicted octanol–water partition coefficient (Wildman–Crippen LogP) is 4.87. The van der Waals surface area contributed by atoms with Crippen LogP contribution in [0, 0.1) is 12.7 Å². The predicted molar refractivity (Wildman–Crippen MR) is 126 cm³/mol. The second-order valence-electron chi connectivity index (χ2n) is 9.17. The average Bonchev–Trinajstić information content (AvgIpc) is 3.41. The third-order valence-corrected chi connectivity index (χ3v) is 6.62. The molecule has 0 spiro atoms. The van der Waals surface area contributed by atoms with Crippen LogP contribution in [-0.4, -0.2) is 48.1 Å². The Hall–Kier alpha value is -3.19. The molecule has 1 amide bonds. The molecule has 2 heterocycles. The zero-order valence-electron chi connectivity index (χ0n) is 19.9. The van der Waals surface area contributed by atoms with E-state index in [1.54, 1.807) is 44.4 Å². The highest BCUT2D eigenvalue weighted by atomic mass is 19.1. The summed E-state index contributed by atoms with van der Waals surface area (Å²) in [4.78, 5) is 27.7. The first kappa shape index (κ1) is 24.0. The normalized spacial score (nSPS) is 22.1. The number of amides is 1. The standard InChI is InChI=1S/C27H30FNO5/c1-15(2)19-13-20(16(3)12-22(19)33-4)25(30)23-24(18-9-5-6-10-21(18)28)29(27(32)26(23)31)14-17-8-7-11-34-17/h5-6,9-10,12-13,15,17,24,30H,7-8,11,14H2,1-4H3/b25-23+. The number of hydrogen-bond donors (Lipinski definition) is 1. The summed E-state index contributed by atoms with van der Waals surface area (Å²) in [6, 6.07) is 8.56. The largest absolute Gasteiger partial charge is 0.507 e. The van der Waals surface area contributed by atoms with Crippen LogP contribution in [0.15, 0.2) is 42.0 Å². The van der Waals surface area contributed by atoms with Crippen LogP contribution in [0.1, 0.15) is 60.9 Å². The molecule has 7 heteroatoms. The highest BCUT2D eigenvalue weighted by molar-refractivity contribution is 6.46. The molecule has 2 saturated heterocycles. The fraction of sp³-hybridized carbons (Fsp3) is 0.407. The third-order valence-electron chi connectivity index (χ3n) is 6.62. The van der Waals surface area contributed by atoms with Crippen LogP contribution in [0.2, 0.25) is 0 Å². The molecule has 6 nitrogen and oxygen atoms in total. The van der Waals surface area contributed by atoms with E-state index in [2.05, 4.69) is 0 Å². The smallest absolute Gasteiger partial charge is 0.295 e. The molecule has 0 radical (unpaired) electrons. The lowest BCUT2D eigenvalue weighted by molar-refractivity contribution is -0.140. The highest BCUT2D eigenvalue weighted by Crippen LogP contribution is 2.42. The minimum absolute atomic E-state index is 0.0893. The van der Waals surface area contributed by atoms with Gasteiger partial charge in [0.2, 0.25) is 0 Å². The summed E-state index contributed by atoms with van der Waals surface area (Å²) in [5, 5.41) is 11.4. The lowest BCUT2D eigenvalue weighted by atomic mass is 9.91. The molecule has 2 aliphatic rings. The number of Topliss-reactive ketones (excluding diaryl/α,β-unsaturated/α-hetero) is 1. The lowest BCUT2D eigenvalue weighted by Gasteiger charge is -2.28. The lowest BCUT2D eigenvalue weighted by Crippen LogP contribution is -2.36. The molecule has 2 unspecified atom stereocenters. The number of rotatable bonds is 6. The van der Waals surface area contributed by atoms with Crippen LogP contribution in [0.5, 0.6) is 5.75 Å². The van der Waals surface area contributed by atoms with E-state index in [4.69, 9.17) is 9.47 Å². The maximum absolute atomic E-state index is 15.0. The molecular weight excluding hydrogens is 437 g/mol. The number of aliphatic hydroxyl groups excluding tert-OH is 1. The molecule has 0 saturated carbocycles. The van der Waals surface area contributed by atoms with Gasteiger partial charge in [-0.05, 0) is 55.0 Å². The number of likely N-dealkylation sites (tertiary alicyclic amines) is 1. The molecular formula is C27H30FNO5. The number of aryl methyl sites for hydroxylation is 1. The van der Waals surface area contributed by atoms with Gasteiger partial charge in [-0.2, -0.15) is 0 Å². The number of halogens is 1. The first-order valence-corrected chi connectivity index (χ1v) is 11.6. The van der Waals surface area contributed by atoms with Gasteiger partial charge in [0.15, 0.2) is 0 Å². The average molecular weight is 468 g/mol. The monoisotopic (exact) mass is 467 g/mol. The molecule has 2 aliphatic heterocycles. The summed E-state index contributed by atoms with van der Waals surface area (Å²) in [6.45, 7) is 6.52. The Morgan fingerprint density at radius 1 is 1.26 bits per heavy atom. The molecule has 4 rings (SSSR count). The van der Waals surface area contributed by atoms with Crippen molar-refractivity contribution in [3.05, 3.63) is 70.0 Å². The Bertz CT molecular complexity index is 1150. The first-order chi connectivity index (χ1) is 16.2. The van der Waals surface area contributed by atoms with Gasteiger partial charge in [-0.3, -0.25) is 9.59 Å². The number of carbonyl (C=O) groups excluding carboxylic acids is 2. The number of benzene rings is 2. The second kappa shape index (κ2) is 9.58. The fourth-order valence-electron chi connectivity index (χ4n) is 4.82. The number of aliphatic hydroxyl groups is 1. The maximum atomic E-state index is 15.0. The molecule has 0 aliphatic carbocycles. The maximum Gasteiger partial charge on any atom is 0.295 e. The van der Waals surface area contributed by atoms with Crippen molar-refractivity contribution in [2.75, 3.05) is 20.3 Å². The van der Waals surface area contributed by atoms with Crippen molar-refractivity contribution in [1.82, 2.24) is 4.90 Å². The Labute approximate surface area is 199 Å². The van der Waals surface area contributed by atoms with Gasteiger partial charge < -0.3 is 19.5 Å². The van der Waals surface area contributed by atoms with E-state index in [9.17, 15) is 19.1 Å². The van der Waals surface area contributed by atoms with Crippen molar-refractivity contribution in [1.29, 1.82) is 0 Å². The quantitative estimate of drug-likeness (QED) is 0.373. The van der Waals surface area contributed by atoms with Crippen LogP contribution in [-0.2, 0) is 14.3 Å². The van der Waals surface area contributed by atoms with E-state index in [-0.39, 0.29) is 35.5 Å². The molecule has 1 N–H and O–H groups in total. The summed E-state index contributed by atoms with van der Waals surface area (Å²) >= 11 is 0.